The fourth-order valence-electron chi connectivity index (χ4n) is 3.64. The minimum Gasteiger partial charge on any atom is -0.396 e. The van der Waals surface area contributed by atoms with Crippen LogP contribution < -0.4 is 0 Å². The molecule has 2 N–H and O–H groups in total. The lowest BCUT2D eigenvalue weighted by molar-refractivity contribution is -0.128. The van der Waals surface area contributed by atoms with Crippen molar-refractivity contribution in [3.05, 3.63) is 0 Å². The molecular formula is C14H26O3. The first kappa shape index (κ1) is 13.3. The molecule has 2 fully saturated rings. The molecule has 1 unspecified atom stereocenters. The highest BCUT2D eigenvalue weighted by molar-refractivity contribution is 5.00. The van der Waals surface area contributed by atoms with Crippen molar-refractivity contribution in [2.45, 2.75) is 63.4 Å². The van der Waals surface area contributed by atoms with Crippen molar-refractivity contribution in [1.29, 1.82) is 0 Å². The number of ether oxygens (including phenoxy) is 1. The zero-order valence-corrected chi connectivity index (χ0v) is 10.8. The van der Waals surface area contributed by atoms with Gasteiger partial charge in [0.1, 0.15) is 0 Å². The largest absolute Gasteiger partial charge is 0.396 e. The van der Waals surface area contributed by atoms with Crippen molar-refractivity contribution in [2.24, 2.45) is 5.41 Å². The monoisotopic (exact) mass is 242 g/mol. The highest BCUT2D eigenvalue weighted by Gasteiger charge is 2.49. The topological polar surface area (TPSA) is 49.7 Å². The fraction of sp³-hybridized carbons (Fsp3) is 1.00. The van der Waals surface area contributed by atoms with Gasteiger partial charge in [-0.15, -0.1) is 0 Å². The summed E-state index contributed by atoms with van der Waals surface area (Å²) in [5.41, 5.74) is -0.972. The predicted octanol–water partition coefficient (Wildman–Crippen LogP) is 2.25. The molecular weight excluding hydrogens is 216 g/mol. The first-order valence-corrected chi connectivity index (χ1v) is 7.13. The van der Waals surface area contributed by atoms with E-state index in [2.05, 4.69) is 0 Å². The third-order valence-electron chi connectivity index (χ3n) is 4.89. The van der Waals surface area contributed by atoms with Crippen LogP contribution >= 0.6 is 0 Å². The second-order valence-corrected chi connectivity index (χ2v) is 5.85. The van der Waals surface area contributed by atoms with Crippen LogP contribution in [0, 0.1) is 5.41 Å². The van der Waals surface area contributed by atoms with E-state index in [1.165, 1.54) is 12.8 Å². The van der Waals surface area contributed by atoms with Crippen molar-refractivity contribution in [3.63, 3.8) is 0 Å². The summed E-state index contributed by atoms with van der Waals surface area (Å²) in [5.74, 6) is 0. The van der Waals surface area contributed by atoms with Crippen LogP contribution in [0.25, 0.3) is 0 Å². The summed E-state index contributed by atoms with van der Waals surface area (Å²) >= 11 is 0. The second-order valence-electron chi connectivity index (χ2n) is 5.85. The molecule has 3 nitrogen and oxygen atoms in total. The number of aliphatic hydroxyl groups excluding tert-OH is 1. The Morgan fingerprint density at radius 1 is 0.824 bits per heavy atom. The van der Waals surface area contributed by atoms with E-state index in [4.69, 9.17) is 4.74 Å². The summed E-state index contributed by atoms with van der Waals surface area (Å²) < 4.78 is 5.46. The summed E-state index contributed by atoms with van der Waals surface area (Å²) in [6, 6.07) is 0. The lowest BCUT2D eigenvalue weighted by atomic mass is 9.64. The van der Waals surface area contributed by atoms with Gasteiger partial charge >= 0.3 is 0 Å². The summed E-state index contributed by atoms with van der Waals surface area (Å²) in [6.07, 6.45) is 9.11. The highest BCUT2D eigenvalue weighted by atomic mass is 16.5. The van der Waals surface area contributed by atoms with Gasteiger partial charge in [0.15, 0.2) is 0 Å². The van der Waals surface area contributed by atoms with Crippen LogP contribution in [0.4, 0.5) is 0 Å². The van der Waals surface area contributed by atoms with Crippen LogP contribution in [0.1, 0.15) is 57.8 Å². The number of hydrogen-bond acceptors (Lipinski definition) is 3. The quantitative estimate of drug-likeness (QED) is 0.730. The Hall–Kier alpha value is -0.120. The van der Waals surface area contributed by atoms with Gasteiger partial charge in [0, 0.05) is 25.0 Å². The van der Waals surface area contributed by atoms with Crippen LogP contribution in [-0.2, 0) is 4.74 Å². The number of aliphatic hydroxyl groups is 2. The average molecular weight is 242 g/mol. The first-order chi connectivity index (χ1) is 8.22. The molecule has 0 amide bonds. The molecule has 2 aliphatic rings. The third-order valence-corrected chi connectivity index (χ3v) is 4.89. The Morgan fingerprint density at radius 2 is 1.53 bits per heavy atom. The molecule has 0 aromatic heterocycles. The smallest absolute Gasteiger partial charge is 0.0748 e. The van der Waals surface area contributed by atoms with E-state index in [1.807, 2.05) is 0 Å². The maximum Gasteiger partial charge on any atom is 0.0748 e. The average Bonchev–Trinajstić information content (AvgIpc) is 2.70. The van der Waals surface area contributed by atoms with Gasteiger partial charge in [-0.25, -0.2) is 0 Å². The van der Waals surface area contributed by atoms with Gasteiger partial charge in [0.25, 0.3) is 0 Å². The van der Waals surface area contributed by atoms with Crippen molar-refractivity contribution < 1.29 is 14.9 Å². The molecule has 3 heteroatoms. The molecule has 0 bridgehead atoms. The Balaban J connectivity index is 2.17. The van der Waals surface area contributed by atoms with E-state index in [0.717, 1.165) is 45.1 Å². The van der Waals surface area contributed by atoms with Gasteiger partial charge in [0.05, 0.1) is 12.2 Å². The molecule has 1 aliphatic heterocycles. The highest BCUT2D eigenvalue weighted by Crippen LogP contribution is 2.48. The van der Waals surface area contributed by atoms with Crippen molar-refractivity contribution in [1.82, 2.24) is 0 Å². The van der Waals surface area contributed by atoms with Crippen LogP contribution in [0.3, 0.4) is 0 Å². The number of hydrogen-bond donors (Lipinski definition) is 2. The van der Waals surface area contributed by atoms with Crippen molar-refractivity contribution >= 4 is 0 Å². The van der Waals surface area contributed by atoms with Gasteiger partial charge in [-0.1, -0.05) is 25.7 Å². The van der Waals surface area contributed by atoms with Crippen LogP contribution in [0.2, 0.25) is 0 Å². The summed E-state index contributed by atoms with van der Waals surface area (Å²) in [6.45, 7) is 1.52. The molecule has 0 radical (unpaired) electrons. The molecule has 1 heterocycles. The maximum atomic E-state index is 11.0. The van der Waals surface area contributed by atoms with E-state index in [1.54, 1.807) is 0 Å². The molecule has 1 atom stereocenters. The van der Waals surface area contributed by atoms with Gasteiger partial charge < -0.3 is 14.9 Å². The van der Waals surface area contributed by atoms with Gasteiger partial charge in [-0.05, 0) is 25.7 Å². The Morgan fingerprint density at radius 3 is 2.18 bits per heavy atom. The van der Waals surface area contributed by atoms with Gasteiger partial charge in [0.2, 0.25) is 0 Å². The molecule has 2 rings (SSSR count). The van der Waals surface area contributed by atoms with Crippen LogP contribution in [0.15, 0.2) is 0 Å². The predicted molar refractivity (Wildman–Crippen MR) is 66.8 cm³/mol. The van der Waals surface area contributed by atoms with Gasteiger partial charge in [-0.3, -0.25) is 0 Å². The molecule has 1 saturated heterocycles. The van der Waals surface area contributed by atoms with Crippen molar-refractivity contribution in [3.8, 4) is 0 Å². The SMILES string of the molecule is OCC1(C2(O)CCCOCC2)CCCCCC1. The molecule has 0 aromatic rings. The Kier molecular flexibility index (Phi) is 4.45. The molecule has 0 spiro atoms. The summed E-state index contributed by atoms with van der Waals surface area (Å²) in [5, 5.41) is 20.9. The maximum absolute atomic E-state index is 11.0. The normalized spacial score (nSPS) is 34.9. The third kappa shape index (κ3) is 2.67. The van der Waals surface area contributed by atoms with Gasteiger partial charge in [-0.2, -0.15) is 0 Å². The number of rotatable bonds is 2. The van der Waals surface area contributed by atoms with E-state index in [9.17, 15) is 10.2 Å². The Labute approximate surface area is 104 Å². The molecule has 17 heavy (non-hydrogen) atoms. The molecule has 100 valence electrons. The molecule has 1 aliphatic carbocycles. The summed E-state index contributed by atoms with van der Waals surface area (Å²) in [7, 11) is 0. The standard InChI is InChI=1S/C14H26O3/c15-12-13(6-3-1-2-4-7-13)14(16)8-5-10-17-11-9-14/h15-16H,1-12H2. The van der Waals surface area contributed by atoms with Crippen LogP contribution in [-0.4, -0.2) is 35.6 Å². The zero-order chi connectivity index (χ0) is 12.2. The first-order valence-electron chi connectivity index (χ1n) is 7.13. The molecule has 1 saturated carbocycles. The Bertz CT molecular complexity index is 224. The minimum atomic E-state index is -0.706. The van der Waals surface area contributed by atoms with E-state index < -0.39 is 5.60 Å². The van der Waals surface area contributed by atoms with E-state index >= 15 is 0 Å². The van der Waals surface area contributed by atoms with E-state index in [0.29, 0.717) is 13.0 Å². The minimum absolute atomic E-state index is 0.128. The lowest BCUT2D eigenvalue weighted by Crippen LogP contribution is -2.50. The molecule has 0 aromatic carbocycles. The second kappa shape index (κ2) is 5.68. The summed E-state index contributed by atoms with van der Waals surface area (Å²) in [4.78, 5) is 0. The zero-order valence-electron chi connectivity index (χ0n) is 10.8. The van der Waals surface area contributed by atoms with Crippen molar-refractivity contribution in [2.75, 3.05) is 19.8 Å². The lowest BCUT2D eigenvalue weighted by Gasteiger charge is -2.46. The van der Waals surface area contributed by atoms with E-state index in [-0.39, 0.29) is 12.0 Å². The fourth-order valence-corrected chi connectivity index (χ4v) is 3.64. The van der Waals surface area contributed by atoms with Crippen LogP contribution in [0.5, 0.6) is 0 Å².